The fourth-order valence-corrected chi connectivity index (χ4v) is 1.46. The first kappa shape index (κ1) is 13.4. The first-order chi connectivity index (χ1) is 8.06. The van der Waals surface area contributed by atoms with Gasteiger partial charge >= 0.3 is 5.97 Å². The molecule has 3 N–H and O–H groups in total. The number of anilines is 1. The summed E-state index contributed by atoms with van der Waals surface area (Å²) in [4.78, 5) is 18.3. The van der Waals surface area contributed by atoms with Crippen LogP contribution in [-0.4, -0.2) is 38.3 Å². The minimum absolute atomic E-state index is 0.0115. The Morgan fingerprint density at radius 1 is 1.35 bits per heavy atom. The van der Waals surface area contributed by atoms with E-state index in [1.54, 1.807) is 0 Å². The Kier molecular flexibility index (Phi) is 4.39. The molecule has 0 aromatic carbocycles. The van der Waals surface area contributed by atoms with E-state index in [2.05, 4.69) is 15.3 Å². The van der Waals surface area contributed by atoms with Gasteiger partial charge in [0.2, 0.25) is 0 Å². The number of hydrogen-bond acceptors (Lipinski definition) is 5. The molecule has 0 bridgehead atoms. The van der Waals surface area contributed by atoms with E-state index in [9.17, 15) is 9.90 Å². The maximum atomic E-state index is 10.6. The minimum Gasteiger partial charge on any atom is -0.476 e. The van der Waals surface area contributed by atoms with Gasteiger partial charge < -0.3 is 15.5 Å². The van der Waals surface area contributed by atoms with Gasteiger partial charge in [0.05, 0.1) is 24.5 Å². The number of nitrogens with zero attached hydrogens (tertiary/aromatic N) is 2. The zero-order chi connectivity index (χ0) is 12.9. The maximum absolute atomic E-state index is 10.6. The molecule has 1 aromatic rings. The van der Waals surface area contributed by atoms with Crippen molar-refractivity contribution in [3.63, 3.8) is 0 Å². The average Bonchev–Trinajstić information content (AvgIpc) is 2.37. The Bertz CT molecular complexity index is 366. The molecule has 0 fully saturated rings. The standard InChI is InChI=1S/C11H17N3O3/c1-3-11(4-2,7-15)14-9-6-12-8(5-13-9)10(16)17/h5-6,15H,3-4,7H2,1-2H3,(H,13,14)(H,16,17). The molecule has 0 amide bonds. The molecular weight excluding hydrogens is 222 g/mol. The molecule has 0 saturated heterocycles. The summed E-state index contributed by atoms with van der Waals surface area (Å²) in [5, 5.41) is 21.2. The van der Waals surface area contributed by atoms with Crippen molar-refractivity contribution >= 4 is 11.8 Å². The van der Waals surface area contributed by atoms with E-state index in [1.807, 2.05) is 13.8 Å². The van der Waals surface area contributed by atoms with E-state index in [0.29, 0.717) is 5.82 Å². The van der Waals surface area contributed by atoms with E-state index in [1.165, 1.54) is 12.4 Å². The monoisotopic (exact) mass is 239 g/mol. The van der Waals surface area contributed by atoms with Crippen LogP contribution in [0.4, 0.5) is 5.82 Å². The summed E-state index contributed by atoms with van der Waals surface area (Å²) in [6.45, 7) is 3.92. The molecule has 6 nitrogen and oxygen atoms in total. The second kappa shape index (κ2) is 5.58. The number of aromatic carboxylic acids is 1. The van der Waals surface area contributed by atoms with Crippen molar-refractivity contribution in [2.75, 3.05) is 11.9 Å². The van der Waals surface area contributed by atoms with Crippen LogP contribution in [0.1, 0.15) is 37.2 Å². The van der Waals surface area contributed by atoms with Crippen molar-refractivity contribution in [2.45, 2.75) is 32.2 Å². The predicted molar refractivity (Wildman–Crippen MR) is 63.0 cm³/mol. The van der Waals surface area contributed by atoms with Gasteiger partial charge in [0.25, 0.3) is 0 Å². The topological polar surface area (TPSA) is 95.3 Å². The van der Waals surface area contributed by atoms with Crippen LogP contribution in [0, 0.1) is 0 Å². The SMILES string of the molecule is CCC(CC)(CO)Nc1cnc(C(=O)O)cn1. The third kappa shape index (κ3) is 3.13. The second-order valence-corrected chi connectivity index (χ2v) is 3.86. The van der Waals surface area contributed by atoms with E-state index in [4.69, 9.17) is 5.11 Å². The summed E-state index contributed by atoms with van der Waals surface area (Å²) in [5.74, 6) is -0.642. The molecule has 0 aliphatic rings. The van der Waals surface area contributed by atoms with Gasteiger partial charge in [-0.3, -0.25) is 0 Å². The van der Waals surface area contributed by atoms with Crippen molar-refractivity contribution in [1.29, 1.82) is 0 Å². The lowest BCUT2D eigenvalue weighted by atomic mass is 9.94. The fourth-order valence-electron chi connectivity index (χ4n) is 1.46. The highest BCUT2D eigenvalue weighted by atomic mass is 16.4. The minimum atomic E-state index is -1.11. The summed E-state index contributed by atoms with van der Waals surface area (Å²) in [5.41, 5.74) is -0.530. The van der Waals surface area contributed by atoms with Gasteiger partial charge in [-0.05, 0) is 12.8 Å². The molecule has 1 aromatic heterocycles. The second-order valence-electron chi connectivity index (χ2n) is 3.86. The maximum Gasteiger partial charge on any atom is 0.356 e. The molecule has 0 aliphatic carbocycles. The van der Waals surface area contributed by atoms with Gasteiger partial charge in [0.15, 0.2) is 5.69 Å². The van der Waals surface area contributed by atoms with Gasteiger partial charge in [-0.1, -0.05) is 13.8 Å². The third-order valence-electron chi connectivity index (χ3n) is 2.92. The number of carboxylic acids is 1. The highest BCUT2D eigenvalue weighted by Gasteiger charge is 2.25. The summed E-state index contributed by atoms with van der Waals surface area (Å²) >= 11 is 0. The zero-order valence-corrected chi connectivity index (χ0v) is 9.97. The summed E-state index contributed by atoms with van der Waals surface area (Å²) in [7, 11) is 0. The Labute approximate surface area is 99.7 Å². The molecule has 6 heteroatoms. The zero-order valence-electron chi connectivity index (χ0n) is 9.97. The van der Waals surface area contributed by atoms with Crippen LogP contribution in [0.2, 0.25) is 0 Å². The number of carboxylic acid groups (broad SMARTS) is 1. The molecule has 94 valence electrons. The van der Waals surface area contributed by atoms with Crippen LogP contribution >= 0.6 is 0 Å². The van der Waals surface area contributed by atoms with E-state index < -0.39 is 11.5 Å². The van der Waals surface area contributed by atoms with Crippen molar-refractivity contribution in [2.24, 2.45) is 0 Å². The lowest BCUT2D eigenvalue weighted by Crippen LogP contribution is -2.41. The molecular formula is C11H17N3O3. The number of aromatic nitrogens is 2. The quantitative estimate of drug-likeness (QED) is 0.689. The molecule has 0 atom stereocenters. The number of aliphatic hydroxyl groups excluding tert-OH is 1. The largest absolute Gasteiger partial charge is 0.476 e. The lowest BCUT2D eigenvalue weighted by Gasteiger charge is -2.31. The first-order valence-electron chi connectivity index (χ1n) is 5.51. The van der Waals surface area contributed by atoms with E-state index in [-0.39, 0.29) is 12.3 Å². The van der Waals surface area contributed by atoms with E-state index in [0.717, 1.165) is 12.8 Å². The summed E-state index contributed by atoms with van der Waals surface area (Å²) < 4.78 is 0. The van der Waals surface area contributed by atoms with Crippen molar-refractivity contribution in [3.8, 4) is 0 Å². The first-order valence-corrected chi connectivity index (χ1v) is 5.51. The number of carbonyl (C=O) groups is 1. The van der Waals surface area contributed by atoms with E-state index >= 15 is 0 Å². The van der Waals surface area contributed by atoms with Gasteiger partial charge in [-0.25, -0.2) is 14.8 Å². The number of nitrogens with one attached hydrogen (secondary N) is 1. The van der Waals surface area contributed by atoms with Crippen molar-refractivity contribution < 1.29 is 15.0 Å². The average molecular weight is 239 g/mol. The number of aliphatic hydroxyl groups is 1. The summed E-state index contributed by atoms with van der Waals surface area (Å²) in [6, 6.07) is 0. The van der Waals surface area contributed by atoms with Gasteiger partial charge in [0, 0.05) is 0 Å². The molecule has 0 unspecified atom stereocenters. The Hall–Kier alpha value is -1.69. The van der Waals surface area contributed by atoms with Crippen LogP contribution in [-0.2, 0) is 0 Å². The highest BCUT2D eigenvalue weighted by molar-refractivity contribution is 5.84. The normalized spacial score (nSPS) is 11.2. The number of rotatable bonds is 6. The predicted octanol–water partition coefficient (Wildman–Crippen LogP) is 1.14. The molecule has 1 heterocycles. The Morgan fingerprint density at radius 2 is 2.00 bits per heavy atom. The lowest BCUT2D eigenvalue weighted by molar-refractivity contribution is 0.0690. The Morgan fingerprint density at radius 3 is 2.35 bits per heavy atom. The van der Waals surface area contributed by atoms with Gasteiger partial charge in [0.1, 0.15) is 5.82 Å². The number of hydrogen-bond donors (Lipinski definition) is 3. The Balaban J connectivity index is 2.84. The highest BCUT2D eigenvalue weighted by Crippen LogP contribution is 2.19. The fraction of sp³-hybridized carbons (Fsp3) is 0.545. The van der Waals surface area contributed by atoms with Gasteiger partial charge in [-0.2, -0.15) is 0 Å². The smallest absolute Gasteiger partial charge is 0.356 e. The van der Waals surface area contributed by atoms with Crippen molar-refractivity contribution in [1.82, 2.24) is 9.97 Å². The van der Waals surface area contributed by atoms with Gasteiger partial charge in [-0.15, -0.1) is 0 Å². The third-order valence-corrected chi connectivity index (χ3v) is 2.92. The van der Waals surface area contributed by atoms with Crippen LogP contribution in [0.5, 0.6) is 0 Å². The van der Waals surface area contributed by atoms with Crippen LogP contribution in [0.25, 0.3) is 0 Å². The molecule has 1 rings (SSSR count). The van der Waals surface area contributed by atoms with Crippen molar-refractivity contribution in [3.05, 3.63) is 18.1 Å². The molecule has 17 heavy (non-hydrogen) atoms. The molecule has 0 saturated carbocycles. The molecule has 0 spiro atoms. The van der Waals surface area contributed by atoms with Crippen LogP contribution in [0.3, 0.4) is 0 Å². The molecule has 0 radical (unpaired) electrons. The summed E-state index contributed by atoms with van der Waals surface area (Å²) in [6.07, 6.45) is 4.03. The van der Waals surface area contributed by atoms with Crippen LogP contribution < -0.4 is 5.32 Å². The molecule has 0 aliphatic heterocycles. The van der Waals surface area contributed by atoms with Crippen LogP contribution in [0.15, 0.2) is 12.4 Å².